The summed E-state index contributed by atoms with van der Waals surface area (Å²) in [7, 11) is 0. The molecule has 8 nitrogen and oxygen atoms in total. The molecule has 8 heteroatoms. The molecule has 0 saturated carbocycles. The molecular formula is C18H17NO7. The lowest BCUT2D eigenvalue weighted by atomic mass is 10.3. The minimum Gasteiger partial charge on any atom is -0.492 e. The van der Waals surface area contributed by atoms with E-state index in [9.17, 15) is 4.79 Å². The zero-order valence-electron chi connectivity index (χ0n) is 13.9. The number of fused-ring (bicyclic) bond motifs is 2. The summed E-state index contributed by atoms with van der Waals surface area (Å²) in [5.74, 6) is 3.59. The molecule has 1 N–H and O–H groups in total. The lowest BCUT2D eigenvalue weighted by molar-refractivity contribution is -0.123. The molecule has 2 aromatic carbocycles. The number of ether oxygens (including phenoxy) is 6. The Hall–Kier alpha value is -3.29. The number of hydrogen-bond acceptors (Lipinski definition) is 7. The zero-order valence-corrected chi connectivity index (χ0v) is 13.9. The van der Waals surface area contributed by atoms with E-state index in [1.165, 1.54) is 0 Å². The highest BCUT2D eigenvalue weighted by molar-refractivity contribution is 5.77. The quantitative estimate of drug-likeness (QED) is 0.754. The lowest BCUT2D eigenvalue weighted by Crippen LogP contribution is -2.32. The molecule has 4 rings (SSSR count). The molecule has 136 valence electrons. The van der Waals surface area contributed by atoms with E-state index in [1.807, 2.05) is 0 Å². The Balaban J connectivity index is 1.16. The van der Waals surface area contributed by atoms with Gasteiger partial charge in [-0.05, 0) is 24.3 Å². The van der Waals surface area contributed by atoms with Crippen LogP contribution in [0.4, 0.5) is 0 Å². The third kappa shape index (κ3) is 3.69. The molecule has 0 unspecified atom stereocenters. The third-order valence-corrected chi connectivity index (χ3v) is 3.75. The molecule has 0 aliphatic carbocycles. The summed E-state index contributed by atoms with van der Waals surface area (Å²) in [4.78, 5) is 11.8. The van der Waals surface area contributed by atoms with E-state index in [0.717, 1.165) is 0 Å². The Morgan fingerprint density at radius 1 is 0.846 bits per heavy atom. The van der Waals surface area contributed by atoms with Gasteiger partial charge < -0.3 is 33.7 Å². The predicted molar refractivity (Wildman–Crippen MR) is 89.1 cm³/mol. The third-order valence-electron chi connectivity index (χ3n) is 3.75. The number of carbonyl (C=O) groups excluding carboxylic acids is 1. The van der Waals surface area contributed by atoms with Crippen molar-refractivity contribution in [2.75, 3.05) is 33.3 Å². The van der Waals surface area contributed by atoms with E-state index < -0.39 is 0 Å². The Labute approximate surface area is 149 Å². The second-order valence-electron chi connectivity index (χ2n) is 5.52. The van der Waals surface area contributed by atoms with Gasteiger partial charge in [-0.15, -0.1) is 0 Å². The number of hydrogen-bond donors (Lipinski definition) is 1. The summed E-state index contributed by atoms with van der Waals surface area (Å²) in [6.45, 7) is 1.01. The van der Waals surface area contributed by atoms with E-state index >= 15 is 0 Å². The van der Waals surface area contributed by atoms with Crippen molar-refractivity contribution < 1.29 is 33.2 Å². The van der Waals surface area contributed by atoms with Crippen molar-refractivity contribution >= 4 is 5.91 Å². The smallest absolute Gasteiger partial charge is 0.258 e. The van der Waals surface area contributed by atoms with Crippen LogP contribution in [-0.4, -0.2) is 39.3 Å². The summed E-state index contributed by atoms with van der Waals surface area (Å²) in [6.07, 6.45) is 0. The molecule has 0 bridgehead atoms. The average Bonchev–Trinajstić information content (AvgIpc) is 3.31. The molecule has 0 spiro atoms. The van der Waals surface area contributed by atoms with Crippen molar-refractivity contribution in [1.29, 1.82) is 0 Å². The average molecular weight is 359 g/mol. The fourth-order valence-corrected chi connectivity index (χ4v) is 2.49. The minimum absolute atomic E-state index is 0.0936. The van der Waals surface area contributed by atoms with Crippen LogP contribution in [0.1, 0.15) is 0 Å². The van der Waals surface area contributed by atoms with Crippen molar-refractivity contribution in [3.63, 3.8) is 0 Å². The molecule has 2 aliphatic heterocycles. The molecular weight excluding hydrogens is 342 g/mol. The first-order chi connectivity index (χ1) is 12.8. The monoisotopic (exact) mass is 359 g/mol. The fourth-order valence-electron chi connectivity index (χ4n) is 2.49. The largest absolute Gasteiger partial charge is 0.492 e. The van der Waals surface area contributed by atoms with Crippen LogP contribution in [-0.2, 0) is 4.79 Å². The minimum atomic E-state index is -0.239. The van der Waals surface area contributed by atoms with E-state index in [2.05, 4.69) is 5.32 Å². The summed E-state index contributed by atoms with van der Waals surface area (Å²) in [6, 6.07) is 10.5. The highest BCUT2D eigenvalue weighted by Crippen LogP contribution is 2.35. The number of benzene rings is 2. The van der Waals surface area contributed by atoms with Gasteiger partial charge in [0.2, 0.25) is 13.6 Å². The SMILES string of the molecule is O=C(COc1ccc2c(c1)OCO2)NCCOc1ccc2c(c1)OCO2. The Morgan fingerprint density at radius 3 is 2.08 bits per heavy atom. The predicted octanol–water partition coefficient (Wildman–Crippen LogP) is 1.72. The van der Waals surface area contributed by atoms with Crippen LogP contribution in [0.15, 0.2) is 36.4 Å². The second-order valence-corrected chi connectivity index (χ2v) is 5.52. The normalized spacial score (nSPS) is 13.4. The maximum atomic E-state index is 11.8. The highest BCUT2D eigenvalue weighted by atomic mass is 16.7. The van der Waals surface area contributed by atoms with Gasteiger partial charge in [-0.3, -0.25) is 4.79 Å². The van der Waals surface area contributed by atoms with Crippen LogP contribution in [0.25, 0.3) is 0 Å². The summed E-state index contributed by atoms with van der Waals surface area (Å²) in [5.41, 5.74) is 0. The topological polar surface area (TPSA) is 84.5 Å². The standard InChI is InChI=1S/C18H17NO7/c20-18(9-22-13-2-4-15-17(8-13)26-11-24-15)19-5-6-21-12-1-3-14-16(7-12)25-10-23-14/h1-4,7-8H,5-6,9-11H2,(H,19,20). The molecule has 0 radical (unpaired) electrons. The first-order valence-electron chi connectivity index (χ1n) is 8.09. The molecule has 1 amide bonds. The number of amides is 1. The van der Waals surface area contributed by atoms with Crippen LogP contribution in [0.5, 0.6) is 34.5 Å². The molecule has 2 aromatic rings. The van der Waals surface area contributed by atoms with E-state index in [0.29, 0.717) is 47.6 Å². The van der Waals surface area contributed by atoms with Crippen LogP contribution >= 0.6 is 0 Å². The molecule has 2 aliphatic rings. The van der Waals surface area contributed by atoms with E-state index in [-0.39, 0.29) is 26.1 Å². The van der Waals surface area contributed by atoms with Gasteiger partial charge in [0.1, 0.15) is 18.1 Å². The molecule has 0 atom stereocenters. The van der Waals surface area contributed by atoms with Crippen molar-refractivity contribution in [3.05, 3.63) is 36.4 Å². The number of nitrogens with one attached hydrogen (secondary N) is 1. The van der Waals surface area contributed by atoms with Crippen LogP contribution in [0.3, 0.4) is 0 Å². The second kappa shape index (κ2) is 7.30. The maximum Gasteiger partial charge on any atom is 0.258 e. The molecule has 0 saturated heterocycles. The van der Waals surface area contributed by atoms with Gasteiger partial charge in [0, 0.05) is 12.1 Å². The summed E-state index contributed by atoms with van der Waals surface area (Å²) < 4.78 is 32.0. The van der Waals surface area contributed by atoms with Gasteiger partial charge in [-0.25, -0.2) is 0 Å². The van der Waals surface area contributed by atoms with Crippen molar-refractivity contribution in [1.82, 2.24) is 5.32 Å². The van der Waals surface area contributed by atoms with Gasteiger partial charge in [0.15, 0.2) is 29.6 Å². The van der Waals surface area contributed by atoms with Crippen molar-refractivity contribution in [2.24, 2.45) is 0 Å². The number of carbonyl (C=O) groups is 1. The van der Waals surface area contributed by atoms with Crippen LogP contribution in [0.2, 0.25) is 0 Å². The van der Waals surface area contributed by atoms with Gasteiger partial charge in [0.25, 0.3) is 5.91 Å². The fraction of sp³-hybridized carbons (Fsp3) is 0.278. The highest BCUT2D eigenvalue weighted by Gasteiger charge is 2.15. The van der Waals surface area contributed by atoms with Crippen molar-refractivity contribution in [2.45, 2.75) is 0 Å². The maximum absolute atomic E-state index is 11.8. The van der Waals surface area contributed by atoms with Crippen LogP contribution < -0.4 is 33.7 Å². The van der Waals surface area contributed by atoms with Crippen LogP contribution in [0, 0.1) is 0 Å². The molecule has 2 heterocycles. The Bertz CT molecular complexity index is 808. The Morgan fingerprint density at radius 2 is 1.42 bits per heavy atom. The molecule has 26 heavy (non-hydrogen) atoms. The first kappa shape index (κ1) is 16.2. The van der Waals surface area contributed by atoms with E-state index in [1.54, 1.807) is 36.4 Å². The van der Waals surface area contributed by atoms with Gasteiger partial charge in [0.05, 0.1) is 6.54 Å². The Kier molecular flexibility index (Phi) is 4.55. The lowest BCUT2D eigenvalue weighted by Gasteiger charge is -2.09. The first-order valence-corrected chi connectivity index (χ1v) is 8.09. The van der Waals surface area contributed by atoms with Gasteiger partial charge in [-0.2, -0.15) is 0 Å². The summed E-state index contributed by atoms with van der Waals surface area (Å²) in [5, 5.41) is 2.73. The van der Waals surface area contributed by atoms with E-state index in [4.69, 9.17) is 28.4 Å². The van der Waals surface area contributed by atoms with Gasteiger partial charge in [-0.1, -0.05) is 0 Å². The van der Waals surface area contributed by atoms with Gasteiger partial charge >= 0.3 is 0 Å². The molecule has 0 fully saturated rings. The zero-order chi connectivity index (χ0) is 17.8. The van der Waals surface area contributed by atoms with Crippen molar-refractivity contribution in [3.8, 4) is 34.5 Å². The molecule has 0 aromatic heterocycles. The number of rotatable bonds is 7. The summed E-state index contributed by atoms with van der Waals surface area (Å²) >= 11 is 0.